The topological polar surface area (TPSA) is 55.3 Å². The first kappa shape index (κ1) is 11.6. The number of nitrogens with two attached hydrogens (primary N) is 2. The van der Waals surface area contributed by atoms with Gasteiger partial charge in [-0.15, -0.1) is 0 Å². The zero-order valence-electron chi connectivity index (χ0n) is 9.73. The molecule has 1 aliphatic rings. The molecular formula is C13H21N3. The van der Waals surface area contributed by atoms with Crippen molar-refractivity contribution in [1.82, 2.24) is 5.01 Å². The molecule has 3 nitrogen and oxygen atoms in total. The molecule has 88 valence electrons. The van der Waals surface area contributed by atoms with Crippen molar-refractivity contribution in [3.63, 3.8) is 0 Å². The van der Waals surface area contributed by atoms with Gasteiger partial charge in [-0.1, -0.05) is 49.6 Å². The Hall–Kier alpha value is -0.900. The van der Waals surface area contributed by atoms with E-state index in [1.807, 2.05) is 23.2 Å². The molecular weight excluding hydrogens is 198 g/mol. The Balaban J connectivity index is 1.99. The summed E-state index contributed by atoms with van der Waals surface area (Å²) in [5.74, 6) is 6.12. The van der Waals surface area contributed by atoms with Crippen molar-refractivity contribution in [2.75, 3.05) is 0 Å². The predicted molar refractivity (Wildman–Crippen MR) is 66.2 cm³/mol. The Labute approximate surface area is 97.4 Å². The zero-order valence-corrected chi connectivity index (χ0v) is 9.73. The smallest absolute Gasteiger partial charge is 0.0822 e. The molecule has 0 radical (unpaired) electrons. The fourth-order valence-electron chi connectivity index (χ4n) is 2.39. The number of nitrogens with zero attached hydrogens (tertiary/aromatic N) is 1. The minimum atomic E-state index is -0.298. The molecule has 1 aromatic rings. The van der Waals surface area contributed by atoms with Gasteiger partial charge in [-0.2, -0.15) is 0 Å². The van der Waals surface area contributed by atoms with Crippen LogP contribution in [-0.4, -0.2) is 10.7 Å². The van der Waals surface area contributed by atoms with E-state index in [2.05, 4.69) is 12.1 Å². The third kappa shape index (κ3) is 2.61. The van der Waals surface area contributed by atoms with Gasteiger partial charge in [0.2, 0.25) is 0 Å². The lowest BCUT2D eigenvalue weighted by Crippen LogP contribution is -2.59. The van der Waals surface area contributed by atoms with Crippen LogP contribution in [-0.2, 0) is 6.54 Å². The van der Waals surface area contributed by atoms with Crippen LogP contribution in [0, 0.1) is 0 Å². The highest BCUT2D eigenvalue weighted by molar-refractivity contribution is 5.14. The van der Waals surface area contributed by atoms with Crippen molar-refractivity contribution in [3.05, 3.63) is 35.9 Å². The second-order valence-corrected chi connectivity index (χ2v) is 4.78. The molecule has 1 fully saturated rings. The fraction of sp³-hybridized carbons (Fsp3) is 0.538. The van der Waals surface area contributed by atoms with Crippen LogP contribution < -0.4 is 11.6 Å². The number of rotatable bonds is 3. The molecule has 0 bridgehead atoms. The number of hydrazine groups is 1. The van der Waals surface area contributed by atoms with Crippen molar-refractivity contribution in [3.8, 4) is 0 Å². The highest BCUT2D eigenvalue weighted by atomic mass is 15.5. The van der Waals surface area contributed by atoms with Crippen LogP contribution in [0.5, 0.6) is 0 Å². The molecule has 2 rings (SSSR count). The number of benzene rings is 1. The van der Waals surface area contributed by atoms with Gasteiger partial charge in [0.25, 0.3) is 0 Å². The Morgan fingerprint density at radius 1 is 1.06 bits per heavy atom. The van der Waals surface area contributed by atoms with Crippen LogP contribution in [0.15, 0.2) is 30.3 Å². The van der Waals surface area contributed by atoms with E-state index in [4.69, 9.17) is 11.6 Å². The zero-order chi connectivity index (χ0) is 11.4. The van der Waals surface area contributed by atoms with Gasteiger partial charge >= 0.3 is 0 Å². The van der Waals surface area contributed by atoms with Crippen LogP contribution in [0.3, 0.4) is 0 Å². The molecule has 0 atom stereocenters. The van der Waals surface area contributed by atoms with Crippen molar-refractivity contribution in [1.29, 1.82) is 0 Å². The lowest BCUT2D eigenvalue weighted by atomic mass is 9.89. The fourth-order valence-corrected chi connectivity index (χ4v) is 2.39. The van der Waals surface area contributed by atoms with Crippen molar-refractivity contribution in [2.24, 2.45) is 11.6 Å². The van der Waals surface area contributed by atoms with Gasteiger partial charge in [-0.25, -0.2) is 5.01 Å². The van der Waals surface area contributed by atoms with E-state index in [1.165, 1.54) is 24.8 Å². The third-order valence-electron chi connectivity index (χ3n) is 3.49. The van der Waals surface area contributed by atoms with Gasteiger partial charge < -0.3 is 5.73 Å². The van der Waals surface area contributed by atoms with E-state index in [0.717, 1.165) is 19.4 Å². The monoisotopic (exact) mass is 219 g/mol. The summed E-state index contributed by atoms with van der Waals surface area (Å²) in [6.07, 6.45) is 5.70. The summed E-state index contributed by atoms with van der Waals surface area (Å²) in [5, 5.41) is 1.82. The summed E-state index contributed by atoms with van der Waals surface area (Å²) in [5.41, 5.74) is 7.28. The van der Waals surface area contributed by atoms with Gasteiger partial charge in [0.1, 0.15) is 0 Å². The molecule has 0 aliphatic heterocycles. The predicted octanol–water partition coefficient (Wildman–Crippen LogP) is 1.98. The Bertz CT molecular complexity index is 317. The van der Waals surface area contributed by atoms with E-state index in [0.29, 0.717) is 0 Å². The van der Waals surface area contributed by atoms with Crippen molar-refractivity contribution in [2.45, 2.75) is 44.3 Å². The van der Waals surface area contributed by atoms with Gasteiger partial charge in [0.15, 0.2) is 0 Å². The van der Waals surface area contributed by atoms with Crippen LogP contribution in [0.4, 0.5) is 0 Å². The van der Waals surface area contributed by atoms with Gasteiger partial charge in [-0.05, 0) is 18.4 Å². The van der Waals surface area contributed by atoms with Gasteiger partial charge in [-0.3, -0.25) is 5.84 Å². The molecule has 0 unspecified atom stereocenters. The first-order chi connectivity index (χ1) is 7.71. The maximum atomic E-state index is 6.35. The maximum absolute atomic E-state index is 6.35. The summed E-state index contributed by atoms with van der Waals surface area (Å²) in [6, 6.07) is 10.3. The molecule has 1 aromatic carbocycles. The number of hydrogen-bond donors (Lipinski definition) is 2. The standard InChI is InChI=1S/C13H21N3/c14-13(9-5-2-6-10-13)16(15)11-12-7-3-1-4-8-12/h1,3-4,7-8H,2,5-6,9-11,14-15H2. The molecule has 16 heavy (non-hydrogen) atoms. The van der Waals surface area contributed by atoms with Gasteiger partial charge in [0.05, 0.1) is 5.66 Å². The third-order valence-corrected chi connectivity index (χ3v) is 3.49. The van der Waals surface area contributed by atoms with Crippen molar-refractivity contribution < 1.29 is 0 Å². The maximum Gasteiger partial charge on any atom is 0.0822 e. The molecule has 0 heterocycles. The second kappa shape index (κ2) is 4.95. The lowest BCUT2D eigenvalue weighted by Gasteiger charge is -2.40. The lowest BCUT2D eigenvalue weighted by molar-refractivity contribution is 0.0473. The molecule has 0 saturated heterocycles. The van der Waals surface area contributed by atoms with Gasteiger partial charge in [0, 0.05) is 6.54 Å². The molecule has 1 aliphatic carbocycles. The molecule has 0 amide bonds. The summed E-state index contributed by atoms with van der Waals surface area (Å²) in [6.45, 7) is 0.733. The molecule has 0 spiro atoms. The summed E-state index contributed by atoms with van der Waals surface area (Å²) in [7, 11) is 0. The minimum Gasteiger partial charge on any atom is -0.312 e. The highest BCUT2D eigenvalue weighted by Crippen LogP contribution is 2.28. The van der Waals surface area contributed by atoms with E-state index < -0.39 is 0 Å². The largest absolute Gasteiger partial charge is 0.312 e. The molecule has 0 aromatic heterocycles. The van der Waals surface area contributed by atoms with Crippen LogP contribution in [0.2, 0.25) is 0 Å². The van der Waals surface area contributed by atoms with E-state index in [9.17, 15) is 0 Å². The Kier molecular flexibility index (Phi) is 3.59. The highest BCUT2D eigenvalue weighted by Gasteiger charge is 2.32. The summed E-state index contributed by atoms with van der Waals surface area (Å²) in [4.78, 5) is 0. The van der Waals surface area contributed by atoms with Crippen LogP contribution in [0.25, 0.3) is 0 Å². The summed E-state index contributed by atoms with van der Waals surface area (Å²) >= 11 is 0. The van der Waals surface area contributed by atoms with E-state index in [-0.39, 0.29) is 5.66 Å². The normalized spacial score (nSPS) is 19.9. The quantitative estimate of drug-likeness (QED) is 0.464. The minimum absolute atomic E-state index is 0.298. The van der Waals surface area contributed by atoms with E-state index >= 15 is 0 Å². The molecule has 4 N–H and O–H groups in total. The SMILES string of the molecule is NN(Cc1ccccc1)C1(N)CCCCC1. The number of hydrogen-bond acceptors (Lipinski definition) is 3. The van der Waals surface area contributed by atoms with Crippen molar-refractivity contribution >= 4 is 0 Å². The Morgan fingerprint density at radius 3 is 2.31 bits per heavy atom. The molecule has 3 heteroatoms. The average Bonchev–Trinajstić information content (AvgIpc) is 2.31. The average molecular weight is 219 g/mol. The summed E-state index contributed by atoms with van der Waals surface area (Å²) < 4.78 is 0. The molecule has 1 saturated carbocycles. The van der Waals surface area contributed by atoms with Crippen LogP contribution in [0.1, 0.15) is 37.7 Å². The Morgan fingerprint density at radius 2 is 1.69 bits per heavy atom. The van der Waals surface area contributed by atoms with Crippen LogP contribution >= 0.6 is 0 Å². The second-order valence-electron chi connectivity index (χ2n) is 4.78. The first-order valence-corrected chi connectivity index (χ1v) is 6.06. The van der Waals surface area contributed by atoms with E-state index in [1.54, 1.807) is 0 Å². The first-order valence-electron chi connectivity index (χ1n) is 6.06.